The lowest BCUT2D eigenvalue weighted by molar-refractivity contribution is -0.143. The second-order valence-electron chi connectivity index (χ2n) is 5.45. The van der Waals surface area contributed by atoms with Crippen LogP contribution in [0.15, 0.2) is 0 Å². The summed E-state index contributed by atoms with van der Waals surface area (Å²) in [5.41, 5.74) is 10.6. The lowest BCUT2D eigenvalue weighted by atomic mass is 10.1. The highest BCUT2D eigenvalue weighted by Crippen LogP contribution is 2.03. The van der Waals surface area contributed by atoms with E-state index in [0.29, 0.717) is 12.2 Å². The van der Waals surface area contributed by atoms with Gasteiger partial charge in [0.25, 0.3) is 0 Å². The molecule has 0 aliphatic carbocycles. The summed E-state index contributed by atoms with van der Waals surface area (Å²) < 4.78 is 0. The number of hydrogen-bond acceptors (Lipinski definition) is 7. The standard InChI is InChI=1S/C14H24N4O7S/c1-26-5-4-7(15)12(22)18-9(6-11(20)21)13(23)17-8(14(24)25)2-3-10(16)19/h7-9H,2-6,15H2,1H3,(H2,16,19)(H,17,23)(H,18,22)(H,20,21)(H,24,25)/t7-,8-,9-/m0/s1. The van der Waals surface area contributed by atoms with Gasteiger partial charge < -0.3 is 32.3 Å². The monoisotopic (exact) mass is 392 g/mol. The molecule has 0 aliphatic rings. The summed E-state index contributed by atoms with van der Waals surface area (Å²) in [6.45, 7) is 0. The number of thioether (sulfide) groups is 1. The van der Waals surface area contributed by atoms with Gasteiger partial charge in [0.2, 0.25) is 17.7 Å². The van der Waals surface area contributed by atoms with Crippen molar-refractivity contribution in [2.24, 2.45) is 11.5 Å². The van der Waals surface area contributed by atoms with Crippen LogP contribution in [0.1, 0.15) is 25.7 Å². The number of amides is 3. The van der Waals surface area contributed by atoms with E-state index in [-0.39, 0.29) is 12.8 Å². The quantitative estimate of drug-likeness (QED) is 0.202. The van der Waals surface area contributed by atoms with E-state index in [9.17, 15) is 24.0 Å². The molecule has 0 radical (unpaired) electrons. The molecule has 0 aliphatic heterocycles. The summed E-state index contributed by atoms with van der Waals surface area (Å²) >= 11 is 1.47. The van der Waals surface area contributed by atoms with Gasteiger partial charge in [-0.2, -0.15) is 11.8 Å². The van der Waals surface area contributed by atoms with Crippen LogP contribution in [0.3, 0.4) is 0 Å². The van der Waals surface area contributed by atoms with Gasteiger partial charge in [0.15, 0.2) is 0 Å². The number of carboxylic acids is 2. The second-order valence-corrected chi connectivity index (χ2v) is 6.44. The first kappa shape index (κ1) is 23.7. The largest absolute Gasteiger partial charge is 0.481 e. The Morgan fingerprint density at radius 1 is 1.00 bits per heavy atom. The van der Waals surface area contributed by atoms with Gasteiger partial charge in [0.05, 0.1) is 12.5 Å². The predicted molar refractivity (Wildman–Crippen MR) is 93.2 cm³/mol. The van der Waals surface area contributed by atoms with Crippen molar-refractivity contribution in [1.29, 1.82) is 0 Å². The third-order valence-corrected chi connectivity index (χ3v) is 3.92. The topological polar surface area (TPSA) is 202 Å². The van der Waals surface area contributed by atoms with Crippen molar-refractivity contribution < 1.29 is 34.2 Å². The van der Waals surface area contributed by atoms with Crippen LogP contribution in [0.2, 0.25) is 0 Å². The molecule has 12 heteroatoms. The number of rotatable bonds is 13. The molecule has 0 saturated carbocycles. The van der Waals surface area contributed by atoms with Crippen molar-refractivity contribution >= 4 is 41.4 Å². The Labute approximate surface area is 154 Å². The Morgan fingerprint density at radius 3 is 2.04 bits per heavy atom. The zero-order valence-electron chi connectivity index (χ0n) is 14.3. The fraction of sp³-hybridized carbons (Fsp3) is 0.643. The minimum absolute atomic E-state index is 0.266. The number of hydrogen-bond donors (Lipinski definition) is 6. The summed E-state index contributed by atoms with van der Waals surface area (Å²) in [5, 5.41) is 22.3. The average molecular weight is 392 g/mol. The normalized spacial score (nSPS) is 13.9. The van der Waals surface area contributed by atoms with E-state index in [4.69, 9.17) is 21.7 Å². The molecule has 3 amide bonds. The zero-order valence-corrected chi connectivity index (χ0v) is 15.1. The fourth-order valence-corrected chi connectivity index (χ4v) is 2.34. The van der Waals surface area contributed by atoms with Crippen LogP contribution in [-0.4, -0.2) is 70.0 Å². The second kappa shape index (κ2) is 12.1. The molecular formula is C14H24N4O7S. The molecule has 3 atom stereocenters. The Morgan fingerprint density at radius 2 is 1.58 bits per heavy atom. The molecule has 0 heterocycles. The SMILES string of the molecule is CSCC[C@H](N)C(=O)N[C@@H](CC(=O)O)C(=O)N[C@@H](CCC(N)=O)C(=O)O. The van der Waals surface area contributed by atoms with E-state index >= 15 is 0 Å². The van der Waals surface area contributed by atoms with Crippen molar-refractivity contribution in [2.45, 2.75) is 43.8 Å². The van der Waals surface area contributed by atoms with E-state index < -0.39 is 54.2 Å². The highest BCUT2D eigenvalue weighted by atomic mass is 32.2. The zero-order chi connectivity index (χ0) is 20.3. The maximum absolute atomic E-state index is 12.2. The Bertz CT molecular complexity index is 543. The summed E-state index contributed by atoms with van der Waals surface area (Å²) in [6, 6.07) is -3.89. The first-order valence-corrected chi connectivity index (χ1v) is 9.06. The third kappa shape index (κ3) is 9.84. The smallest absolute Gasteiger partial charge is 0.326 e. The van der Waals surface area contributed by atoms with Crippen LogP contribution in [0.25, 0.3) is 0 Å². The van der Waals surface area contributed by atoms with Crippen molar-refractivity contribution in [3.8, 4) is 0 Å². The van der Waals surface area contributed by atoms with Gasteiger partial charge >= 0.3 is 11.9 Å². The van der Waals surface area contributed by atoms with Gasteiger partial charge in [0, 0.05) is 6.42 Å². The van der Waals surface area contributed by atoms with Crippen molar-refractivity contribution in [3.63, 3.8) is 0 Å². The molecule has 0 unspecified atom stereocenters. The number of carbonyl (C=O) groups is 5. The van der Waals surface area contributed by atoms with Gasteiger partial charge in [-0.15, -0.1) is 0 Å². The molecule has 0 spiro atoms. The number of aliphatic carboxylic acids is 2. The fourth-order valence-electron chi connectivity index (χ4n) is 1.85. The summed E-state index contributed by atoms with van der Waals surface area (Å²) in [4.78, 5) is 57.0. The molecule has 0 rings (SSSR count). The first-order valence-electron chi connectivity index (χ1n) is 7.66. The molecule has 0 saturated heterocycles. The van der Waals surface area contributed by atoms with Crippen LogP contribution >= 0.6 is 11.8 Å². The highest BCUT2D eigenvalue weighted by molar-refractivity contribution is 7.98. The van der Waals surface area contributed by atoms with Crippen molar-refractivity contribution in [3.05, 3.63) is 0 Å². The molecule has 8 N–H and O–H groups in total. The molecule has 26 heavy (non-hydrogen) atoms. The molecule has 0 fully saturated rings. The molecule has 0 aromatic carbocycles. The lowest BCUT2D eigenvalue weighted by Crippen LogP contribution is -2.55. The number of carboxylic acid groups (broad SMARTS) is 2. The highest BCUT2D eigenvalue weighted by Gasteiger charge is 2.29. The minimum Gasteiger partial charge on any atom is -0.481 e. The minimum atomic E-state index is -1.50. The maximum Gasteiger partial charge on any atom is 0.326 e. The van der Waals surface area contributed by atoms with Gasteiger partial charge in [-0.05, 0) is 24.9 Å². The first-order chi connectivity index (χ1) is 12.1. The van der Waals surface area contributed by atoms with Crippen LogP contribution in [0.5, 0.6) is 0 Å². The summed E-state index contributed by atoms with van der Waals surface area (Å²) in [7, 11) is 0. The van der Waals surface area contributed by atoms with Crippen molar-refractivity contribution in [2.75, 3.05) is 12.0 Å². The van der Waals surface area contributed by atoms with Crippen LogP contribution in [-0.2, 0) is 24.0 Å². The Hall–Kier alpha value is -2.34. The van der Waals surface area contributed by atoms with E-state index in [2.05, 4.69) is 10.6 Å². The lowest BCUT2D eigenvalue weighted by Gasteiger charge is -2.21. The van der Waals surface area contributed by atoms with Gasteiger partial charge in [0.1, 0.15) is 12.1 Å². The van der Waals surface area contributed by atoms with E-state index in [0.717, 1.165) is 0 Å². The third-order valence-electron chi connectivity index (χ3n) is 3.28. The number of nitrogens with one attached hydrogen (secondary N) is 2. The van der Waals surface area contributed by atoms with Gasteiger partial charge in [-0.1, -0.05) is 0 Å². The maximum atomic E-state index is 12.2. The Balaban J connectivity index is 5.00. The summed E-state index contributed by atoms with van der Waals surface area (Å²) in [5.74, 6) is -4.66. The number of nitrogens with two attached hydrogens (primary N) is 2. The van der Waals surface area contributed by atoms with E-state index in [1.165, 1.54) is 11.8 Å². The number of carbonyl (C=O) groups excluding carboxylic acids is 3. The molecule has 0 aromatic heterocycles. The molecular weight excluding hydrogens is 368 g/mol. The molecule has 0 aromatic rings. The van der Waals surface area contributed by atoms with Crippen LogP contribution in [0.4, 0.5) is 0 Å². The predicted octanol–water partition coefficient (Wildman–Crippen LogP) is -2.14. The van der Waals surface area contributed by atoms with Crippen LogP contribution in [0, 0.1) is 0 Å². The van der Waals surface area contributed by atoms with Gasteiger partial charge in [-0.3, -0.25) is 19.2 Å². The van der Waals surface area contributed by atoms with Gasteiger partial charge in [-0.25, -0.2) is 4.79 Å². The molecule has 0 bridgehead atoms. The van der Waals surface area contributed by atoms with Crippen molar-refractivity contribution in [1.82, 2.24) is 10.6 Å². The summed E-state index contributed by atoms with van der Waals surface area (Å²) in [6.07, 6.45) is 0.841. The van der Waals surface area contributed by atoms with E-state index in [1.54, 1.807) is 0 Å². The average Bonchev–Trinajstić information content (AvgIpc) is 2.54. The van der Waals surface area contributed by atoms with Crippen LogP contribution < -0.4 is 22.1 Å². The molecule has 11 nitrogen and oxygen atoms in total. The Kier molecular flexibility index (Phi) is 11.0. The number of primary amides is 1. The van der Waals surface area contributed by atoms with E-state index in [1.807, 2.05) is 6.26 Å². The molecule has 148 valence electrons.